The van der Waals surface area contributed by atoms with Gasteiger partial charge in [-0.25, -0.2) is 4.79 Å². The molecule has 0 bridgehead atoms. The number of rotatable bonds is 3. The van der Waals surface area contributed by atoms with Gasteiger partial charge >= 0.3 is 5.97 Å². The Balaban J connectivity index is 2.10. The van der Waals surface area contributed by atoms with E-state index in [-0.39, 0.29) is 5.97 Å². The summed E-state index contributed by atoms with van der Waals surface area (Å²) < 4.78 is 6.40. The number of hydrogen-bond donors (Lipinski definition) is 0. The highest BCUT2D eigenvalue weighted by Gasteiger charge is 2.05. The van der Waals surface area contributed by atoms with Gasteiger partial charge in [0, 0.05) is 12.4 Å². The van der Waals surface area contributed by atoms with Crippen molar-refractivity contribution >= 4 is 5.97 Å². The minimum Gasteiger partial charge on any atom is -0.465 e. The summed E-state index contributed by atoms with van der Waals surface area (Å²) in [4.78, 5) is 15.4. The summed E-state index contributed by atoms with van der Waals surface area (Å²) in [6.45, 7) is 2.53. The molecule has 0 N–H and O–H groups in total. The lowest BCUT2D eigenvalue weighted by molar-refractivity contribution is 0.0600. The number of aromatic nitrogens is 3. The molecule has 0 aliphatic heterocycles. The Morgan fingerprint density at radius 2 is 2.24 bits per heavy atom. The van der Waals surface area contributed by atoms with Crippen molar-refractivity contribution in [2.45, 2.75) is 13.5 Å². The molecule has 88 valence electrons. The predicted molar refractivity (Wildman–Crippen MR) is 61.6 cm³/mol. The highest BCUT2D eigenvalue weighted by molar-refractivity contribution is 5.88. The Hall–Kier alpha value is -2.17. The maximum Gasteiger partial charge on any atom is 0.339 e. The minimum absolute atomic E-state index is 0.376. The Labute approximate surface area is 99.1 Å². The van der Waals surface area contributed by atoms with Crippen molar-refractivity contribution in [3.8, 4) is 0 Å². The molecule has 17 heavy (non-hydrogen) atoms. The zero-order valence-corrected chi connectivity index (χ0v) is 9.75. The molecule has 0 amide bonds. The van der Waals surface area contributed by atoms with E-state index in [2.05, 4.69) is 14.8 Å². The van der Waals surface area contributed by atoms with Gasteiger partial charge in [0.25, 0.3) is 0 Å². The van der Waals surface area contributed by atoms with Crippen LogP contribution in [0.3, 0.4) is 0 Å². The quantitative estimate of drug-likeness (QED) is 0.750. The van der Waals surface area contributed by atoms with E-state index >= 15 is 0 Å². The highest BCUT2D eigenvalue weighted by Crippen LogP contribution is 2.04. The molecule has 2 aromatic heterocycles. The molecule has 5 heteroatoms. The molecular formula is C12H13N3O2. The number of nitrogens with zero attached hydrogens (tertiary/aromatic N) is 3. The Morgan fingerprint density at radius 1 is 1.41 bits per heavy atom. The van der Waals surface area contributed by atoms with E-state index < -0.39 is 0 Å². The fourth-order valence-corrected chi connectivity index (χ4v) is 1.47. The molecule has 0 atom stereocenters. The van der Waals surface area contributed by atoms with Crippen LogP contribution in [0.4, 0.5) is 0 Å². The smallest absolute Gasteiger partial charge is 0.339 e. The van der Waals surface area contributed by atoms with Crippen LogP contribution in [0.1, 0.15) is 21.7 Å². The van der Waals surface area contributed by atoms with Crippen LogP contribution in [-0.4, -0.2) is 27.8 Å². The van der Waals surface area contributed by atoms with Crippen molar-refractivity contribution in [3.63, 3.8) is 0 Å². The molecule has 0 aromatic carbocycles. The van der Waals surface area contributed by atoms with Gasteiger partial charge in [-0.2, -0.15) is 5.10 Å². The van der Waals surface area contributed by atoms with E-state index in [1.54, 1.807) is 16.8 Å². The lowest BCUT2D eigenvalue weighted by Gasteiger charge is -2.02. The summed E-state index contributed by atoms with van der Waals surface area (Å²) in [5.74, 6) is -0.376. The van der Waals surface area contributed by atoms with Crippen molar-refractivity contribution in [2.24, 2.45) is 0 Å². The molecule has 0 fully saturated rings. The van der Waals surface area contributed by atoms with Crippen molar-refractivity contribution in [3.05, 3.63) is 47.5 Å². The monoisotopic (exact) mass is 231 g/mol. The summed E-state index contributed by atoms with van der Waals surface area (Å²) in [5.41, 5.74) is 2.27. The van der Waals surface area contributed by atoms with Crippen LogP contribution in [-0.2, 0) is 11.3 Å². The molecular weight excluding hydrogens is 218 g/mol. The molecule has 2 heterocycles. The van der Waals surface area contributed by atoms with E-state index in [1.807, 2.05) is 19.2 Å². The van der Waals surface area contributed by atoms with Crippen LogP contribution in [0.15, 0.2) is 30.6 Å². The third-order valence-electron chi connectivity index (χ3n) is 2.34. The van der Waals surface area contributed by atoms with Crippen LogP contribution in [0.5, 0.6) is 0 Å². The Kier molecular flexibility index (Phi) is 3.18. The second-order valence-electron chi connectivity index (χ2n) is 3.68. The average Bonchev–Trinajstić information content (AvgIpc) is 2.75. The van der Waals surface area contributed by atoms with Crippen molar-refractivity contribution in [1.29, 1.82) is 0 Å². The molecule has 5 nitrogen and oxygen atoms in total. The minimum atomic E-state index is -0.376. The fourth-order valence-electron chi connectivity index (χ4n) is 1.47. The molecule has 0 aliphatic rings. The lowest BCUT2D eigenvalue weighted by Crippen LogP contribution is -2.05. The number of pyridine rings is 1. The third-order valence-corrected chi connectivity index (χ3v) is 2.34. The first kappa shape index (κ1) is 11.3. The van der Waals surface area contributed by atoms with Crippen LogP contribution < -0.4 is 0 Å². The average molecular weight is 231 g/mol. The van der Waals surface area contributed by atoms with Gasteiger partial charge < -0.3 is 4.74 Å². The maximum atomic E-state index is 11.2. The molecule has 0 saturated carbocycles. The number of ether oxygens (including phenoxy) is 1. The molecule has 0 saturated heterocycles. The van der Waals surface area contributed by atoms with Crippen molar-refractivity contribution in [2.75, 3.05) is 7.11 Å². The van der Waals surface area contributed by atoms with Gasteiger partial charge in [-0.1, -0.05) is 0 Å². The summed E-state index contributed by atoms with van der Waals surface area (Å²) in [5, 5.41) is 4.26. The highest BCUT2D eigenvalue weighted by atomic mass is 16.5. The second kappa shape index (κ2) is 4.78. The molecule has 0 spiro atoms. The van der Waals surface area contributed by atoms with Crippen LogP contribution >= 0.6 is 0 Å². The topological polar surface area (TPSA) is 57.0 Å². The normalized spacial score (nSPS) is 10.2. The number of carbonyl (C=O) groups excluding carboxylic acids is 1. The Bertz CT molecular complexity index is 517. The summed E-state index contributed by atoms with van der Waals surface area (Å²) in [6.07, 6.45) is 3.41. The molecule has 0 unspecified atom stereocenters. The van der Waals surface area contributed by atoms with E-state index in [9.17, 15) is 4.79 Å². The first-order chi connectivity index (χ1) is 8.19. The lowest BCUT2D eigenvalue weighted by atomic mass is 10.2. The van der Waals surface area contributed by atoms with E-state index in [1.165, 1.54) is 13.3 Å². The van der Waals surface area contributed by atoms with Crippen LogP contribution in [0.25, 0.3) is 0 Å². The zero-order chi connectivity index (χ0) is 12.3. The zero-order valence-electron chi connectivity index (χ0n) is 9.75. The summed E-state index contributed by atoms with van der Waals surface area (Å²) in [7, 11) is 1.35. The number of esters is 1. The van der Waals surface area contributed by atoms with Gasteiger partial charge in [-0.05, 0) is 25.1 Å². The molecule has 0 aliphatic carbocycles. The van der Waals surface area contributed by atoms with Crippen molar-refractivity contribution < 1.29 is 9.53 Å². The maximum absolute atomic E-state index is 11.2. The van der Waals surface area contributed by atoms with Gasteiger partial charge in [-0.3, -0.25) is 9.67 Å². The summed E-state index contributed by atoms with van der Waals surface area (Å²) in [6, 6.07) is 5.43. The number of carbonyl (C=O) groups is 1. The fraction of sp³-hybridized carbons (Fsp3) is 0.250. The van der Waals surface area contributed by atoms with Gasteiger partial charge in [-0.15, -0.1) is 0 Å². The third kappa shape index (κ3) is 2.69. The van der Waals surface area contributed by atoms with Crippen molar-refractivity contribution in [1.82, 2.24) is 14.8 Å². The van der Waals surface area contributed by atoms with Gasteiger partial charge in [0.05, 0.1) is 30.6 Å². The van der Waals surface area contributed by atoms with E-state index in [0.29, 0.717) is 12.1 Å². The number of hydrogen-bond acceptors (Lipinski definition) is 4. The van der Waals surface area contributed by atoms with Gasteiger partial charge in [0.1, 0.15) is 0 Å². The molecule has 0 radical (unpaired) electrons. The number of methoxy groups -OCH3 is 1. The molecule has 2 aromatic rings. The standard InChI is InChI=1S/C12H13N3O2/c1-9-5-6-15(14-9)8-11-4-3-10(7-13-11)12(16)17-2/h3-7H,8H2,1-2H3. The Morgan fingerprint density at radius 3 is 2.76 bits per heavy atom. The van der Waals surface area contributed by atoms with E-state index in [4.69, 9.17) is 0 Å². The van der Waals surface area contributed by atoms with E-state index in [0.717, 1.165) is 11.4 Å². The largest absolute Gasteiger partial charge is 0.465 e. The molecule has 2 rings (SSSR count). The van der Waals surface area contributed by atoms with Gasteiger partial charge in [0.2, 0.25) is 0 Å². The van der Waals surface area contributed by atoms with Crippen LogP contribution in [0.2, 0.25) is 0 Å². The van der Waals surface area contributed by atoms with Gasteiger partial charge in [0.15, 0.2) is 0 Å². The predicted octanol–water partition coefficient (Wildman–Crippen LogP) is 1.42. The first-order valence-corrected chi connectivity index (χ1v) is 5.22. The number of aryl methyl sites for hydroxylation is 1. The SMILES string of the molecule is COC(=O)c1ccc(Cn2ccc(C)n2)nc1. The summed E-state index contributed by atoms with van der Waals surface area (Å²) >= 11 is 0. The van der Waals surface area contributed by atoms with Crippen LogP contribution in [0, 0.1) is 6.92 Å². The second-order valence-corrected chi connectivity index (χ2v) is 3.68. The first-order valence-electron chi connectivity index (χ1n) is 5.22.